The van der Waals surface area contributed by atoms with Gasteiger partial charge in [0.25, 0.3) is 0 Å². The molecule has 0 saturated carbocycles. The zero-order chi connectivity index (χ0) is 30.7. The van der Waals surface area contributed by atoms with Gasteiger partial charge in [0.15, 0.2) is 0 Å². The molecule has 0 radical (unpaired) electrons. The Labute approximate surface area is 255 Å². The average molecular weight is 582 g/mol. The number of rotatable bonds is 9. The first-order valence-corrected chi connectivity index (χ1v) is 16.2. The van der Waals surface area contributed by atoms with Gasteiger partial charge in [0.05, 0.1) is 0 Å². The van der Waals surface area contributed by atoms with Crippen molar-refractivity contribution in [2.24, 2.45) is 0 Å². The number of hydrogen-bond acceptors (Lipinski definition) is 3. The molecule has 222 valence electrons. The average Bonchev–Trinajstić information content (AvgIpc) is 2.91. The summed E-state index contributed by atoms with van der Waals surface area (Å²) in [4.78, 5) is 0. The first-order chi connectivity index (χ1) is 19.8. The highest BCUT2D eigenvalue weighted by Gasteiger charge is 2.32. The molecule has 0 aromatic heterocycles. The Balaban J connectivity index is 1.95. The van der Waals surface area contributed by atoms with E-state index in [0.717, 1.165) is 22.6 Å². The van der Waals surface area contributed by atoms with Gasteiger partial charge < -0.3 is 9.47 Å². The Morgan fingerprint density at radius 1 is 0.571 bits per heavy atom. The Morgan fingerprint density at radius 2 is 0.929 bits per heavy atom. The number of aryl methyl sites for hydroxylation is 2. The van der Waals surface area contributed by atoms with E-state index < -0.39 is 8.07 Å². The van der Waals surface area contributed by atoms with Crippen molar-refractivity contribution < 1.29 is 9.47 Å². The molecule has 0 aliphatic carbocycles. The Hall–Kier alpha value is -3.13. The maximum absolute atomic E-state index is 6.83. The molecule has 4 aromatic carbocycles. The van der Waals surface area contributed by atoms with Crippen LogP contribution in [0.25, 0.3) is 0 Å². The predicted octanol–water partition coefficient (Wildman–Crippen LogP) is 8.97. The van der Waals surface area contributed by atoms with Gasteiger partial charge in [-0.15, -0.1) is 0 Å². The van der Waals surface area contributed by atoms with Gasteiger partial charge in [-0.2, -0.15) is 0 Å². The number of ether oxygens (including phenoxy) is 2. The van der Waals surface area contributed by atoms with E-state index in [0.29, 0.717) is 13.2 Å². The summed E-state index contributed by atoms with van der Waals surface area (Å²) in [7, 11) is 3.38. The van der Waals surface area contributed by atoms with Crippen LogP contribution >= 0.6 is 8.07 Å². The predicted molar refractivity (Wildman–Crippen MR) is 181 cm³/mol. The van der Waals surface area contributed by atoms with Crippen LogP contribution in [-0.2, 0) is 24.0 Å². The first kappa shape index (κ1) is 31.8. The minimum Gasteiger partial charge on any atom is -0.488 e. The lowest BCUT2D eigenvalue weighted by Gasteiger charge is -2.34. The van der Waals surface area contributed by atoms with Crippen molar-refractivity contribution in [3.05, 3.63) is 118 Å². The van der Waals surface area contributed by atoms with Gasteiger partial charge in [0, 0.05) is 29.8 Å². The van der Waals surface area contributed by atoms with Crippen LogP contribution in [0.1, 0.15) is 74.9 Å². The zero-order valence-electron chi connectivity index (χ0n) is 27.2. The summed E-state index contributed by atoms with van der Waals surface area (Å²) in [6, 6.07) is 30.2. The van der Waals surface area contributed by atoms with Crippen molar-refractivity contribution in [1.82, 2.24) is 4.67 Å². The molecule has 0 atom stereocenters. The highest BCUT2D eigenvalue weighted by molar-refractivity contribution is 7.71. The second kappa shape index (κ2) is 13.0. The van der Waals surface area contributed by atoms with Crippen LogP contribution in [0.15, 0.2) is 84.9 Å². The number of hydrogen-bond donors (Lipinski definition) is 0. The molecule has 0 aliphatic heterocycles. The fourth-order valence-electron chi connectivity index (χ4n) is 5.26. The van der Waals surface area contributed by atoms with Crippen LogP contribution in [0.2, 0.25) is 0 Å². The van der Waals surface area contributed by atoms with Crippen LogP contribution in [0.5, 0.6) is 11.5 Å². The summed E-state index contributed by atoms with van der Waals surface area (Å²) >= 11 is 0. The maximum Gasteiger partial charge on any atom is 0.132 e. The SMILES string of the molecule is Cc1cc(P(c2cc(C)cc(C(C)(C)C)c2OCc2ccccc2)N(C)C)c(OCc2ccccc2)c(C(C)(C)C)c1. The van der Waals surface area contributed by atoms with Crippen LogP contribution in [-0.4, -0.2) is 18.8 Å². The maximum atomic E-state index is 6.83. The summed E-state index contributed by atoms with van der Waals surface area (Å²) in [5.41, 5.74) is 7.10. The third-order valence-electron chi connectivity index (χ3n) is 7.35. The van der Waals surface area contributed by atoms with Crippen molar-refractivity contribution in [2.45, 2.75) is 79.4 Å². The molecule has 0 aliphatic rings. The molecule has 0 fully saturated rings. The van der Waals surface area contributed by atoms with Crippen molar-refractivity contribution in [2.75, 3.05) is 14.1 Å². The van der Waals surface area contributed by atoms with Crippen LogP contribution in [0.3, 0.4) is 0 Å². The zero-order valence-corrected chi connectivity index (χ0v) is 28.1. The Morgan fingerprint density at radius 3 is 1.24 bits per heavy atom. The molecule has 42 heavy (non-hydrogen) atoms. The molecule has 3 nitrogen and oxygen atoms in total. The van der Waals surface area contributed by atoms with Crippen LogP contribution < -0.4 is 20.1 Å². The van der Waals surface area contributed by atoms with E-state index in [9.17, 15) is 0 Å². The molecule has 0 amide bonds. The number of nitrogens with zero attached hydrogens (tertiary/aromatic N) is 1. The highest BCUT2D eigenvalue weighted by atomic mass is 31.1. The monoisotopic (exact) mass is 581 g/mol. The third kappa shape index (κ3) is 7.63. The lowest BCUT2D eigenvalue weighted by Crippen LogP contribution is -2.29. The lowest BCUT2D eigenvalue weighted by atomic mass is 9.85. The molecular formula is C38H48NO2P. The summed E-state index contributed by atoms with van der Waals surface area (Å²) in [5, 5.41) is 2.46. The van der Waals surface area contributed by atoms with Crippen LogP contribution in [0.4, 0.5) is 0 Å². The Bertz CT molecular complexity index is 1370. The van der Waals surface area contributed by atoms with E-state index in [4.69, 9.17) is 9.47 Å². The van der Waals surface area contributed by atoms with Crippen LogP contribution in [0, 0.1) is 13.8 Å². The molecule has 0 saturated heterocycles. The lowest BCUT2D eigenvalue weighted by molar-refractivity contribution is 0.299. The van der Waals surface area contributed by atoms with Gasteiger partial charge in [-0.25, -0.2) is 0 Å². The van der Waals surface area contributed by atoms with Gasteiger partial charge >= 0.3 is 0 Å². The molecule has 4 heteroatoms. The summed E-state index contributed by atoms with van der Waals surface area (Å²) in [6.45, 7) is 19.1. The van der Waals surface area contributed by atoms with Crippen molar-refractivity contribution in [1.29, 1.82) is 0 Å². The van der Waals surface area contributed by atoms with Gasteiger partial charge in [-0.1, -0.05) is 114 Å². The van der Waals surface area contributed by atoms with Gasteiger partial charge in [0.1, 0.15) is 24.7 Å². The minimum absolute atomic E-state index is 0.0874. The van der Waals surface area contributed by atoms with E-state index in [2.05, 4.69) is 147 Å². The Kier molecular flexibility index (Phi) is 9.86. The quantitative estimate of drug-likeness (QED) is 0.184. The highest BCUT2D eigenvalue weighted by Crippen LogP contribution is 2.47. The normalized spacial score (nSPS) is 12.2. The van der Waals surface area contributed by atoms with E-state index in [1.54, 1.807) is 0 Å². The van der Waals surface area contributed by atoms with E-state index in [1.165, 1.54) is 32.9 Å². The summed E-state index contributed by atoms with van der Waals surface area (Å²) in [6.07, 6.45) is 0. The van der Waals surface area contributed by atoms with E-state index in [-0.39, 0.29) is 10.8 Å². The molecule has 0 spiro atoms. The second-order valence-electron chi connectivity index (χ2n) is 13.5. The van der Waals surface area contributed by atoms with Gasteiger partial charge in [-0.3, -0.25) is 4.67 Å². The fourth-order valence-corrected chi connectivity index (χ4v) is 7.79. The molecular weight excluding hydrogens is 533 g/mol. The van der Waals surface area contributed by atoms with Crippen molar-refractivity contribution >= 4 is 18.7 Å². The molecule has 4 rings (SSSR count). The molecule has 0 bridgehead atoms. The summed E-state index contributed by atoms with van der Waals surface area (Å²) in [5.74, 6) is 1.98. The topological polar surface area (TPSA) is 21.7 Å². The van der Waals surface area contributed by atoms with E-state index in [1.807, 2.05) is 12.1 Å². The van der Waals surface area contributed by atoms with Gasteiger partial charge in [-0.05, 0) is 73.2 Å². The smallest absolute Gasteiger partial charge is 0.132 e. The standard InChI is InChI=1S/C38H48NO2P/c1-27-21-31(37(3,4)5)35(40-25-29-17-13-11-14-18-29)33(23-27)42(39(9)10)34-24-28(2)22-32(38(6,7)8)36(34)41-26-30-19-15-12-16-20-30/h11-24H,25-26H2,1-10H3. The van der Waals surface area contributed by atoms with Crippen molar-refractivity contribution in [3.63, 3.8) is 0 Å². The van der Waals surface area contributed by atoms with Gasteiger partial charge in [0.2, 0.25) is 0 Å². The molecule has 0 N–H and O–H groups in total. The molecule has 4 aromatic rings. The largest absolute Gasteiger partial charge is 0.488 e. The fraction of sp³-hybridized carbons (Fsp3) is 0.368. The third-order valence-corrected chi connectivity index (χ3v) is 9.73. The van der Waals surface area contributed by atoms with E-state index >= 15 is 0 Å². The first-order valence-electron chi connectivity index (χ1n) is 14.9. The second-order valence-corrected chi connectivity index (χ2v) is 15.9. The number of benzene rings is 4. The molecule has 0 heterocycles. The summed E-state index contributed by atoms with van der Waals surface area (Å²) < 4.78 is 16.0. The van der Waals surface area contributed by atoms with Crippen molar-refractivity contribution in [3.8, 4) is 11.5 Å². The minimum atomic E-state index is -0.988. The molecule has 0 unspecified atom stereocenters.